The van der Waals surface area contributed by atoms with Gasteiger partial charge >= 0.3 is 0 Å². The van der Waals surface area contributed by atoms with Crippen molar-refractivity contribution in [2.45, 2.75) is 5.37 Å². The van der Waals surface area contributed by atoms with E-state index in [1.54, 1.807) is 48.5 Å². The number of hydrogen-bond acceptors (Lipinski definition) is 5. The summed E-state index contributed by atoms with van der Waals surface area (Å²) in [6.07, 6.45) is 0. The lowest BCUT2D eigenvalue weighted by Crippen LogP contribution is -2.45. The van der Waals surface area contributed by atoms with E-state index in [-0.39, 0.29) is 12.5 Å². The van der Waals surface area contributed by atoms with Crippen LogP contribution in [0.1, 0.15) is 0 Å². The highest BCUT2D eigenvalue weighted by atomic mass is 35.5. The Morgan fingerprint density at radius 3 is 2.40 bits per heavy atom. The largest absolute Gasteiger partial charge is 0.326 e. The molecule has 25 heavy (non-hydrogen) atoms. The van der Waals surface area contributed by atoms with E-state index >= 15 is 0 Å². The van der Waals surface area contributed by atoms with Crippen molar-refractivity contribution in [1.82, 2.24) is 10.9 Å². The molecule has 1 amide bonds. The molecule has 0 aromatic heterocycles. The summed E-state index contributed by atoms with van der Waals surface area (Å²) in [6, 6.07) is 15.2. The van der Waals surface area contributed by atoms with E-state index in [0.717, 1.165) is 0 Å². The number of carbonyl (C=O) groups excluding carboxylic acids is 1. The smallest absolute Gasteiger partial charge is 0.250 e. The Labute approximate surface area is 150 Å². The molecule has 2 unspecified atom stereocenters. The Morgan fingerprint density at radius 1 is 1.04 bits per heavy atom. The molecule has 0 radical (unpaired) electrons. The molecule has 0 aliphatic carbocycles. The number of hydrogen-bond donors (Lipinski definition) is 4. The number of nitrogens with one attached hydrogen (secondary N) is 4. The molecule has 4 N–H and O–H groups in total. The zero-order chi connectivity index (χ0) is 17.9. The normalized spacial score (nSPS) is 20.2. The lowest BCUT2D eigenvalue weighted by Gasteiger charge is -2.19. The number of rotatable bonds is 5. The number of anilines is 2. The number of hydrazine groups is 1. The quantitative estimate of drug-likeness (QED) is 0.633. The number of sulfonamides is 1. The van der Waals surface area contributed by atoms with Gasteiger partial charge in [-0.3, -0.25) is 14.9 Å². The van der Waals surface area contributed by atoms with E-state index in [1.165, 1.54) is 0 Å². The van der Waals surface area contributed by atoms with Gasteiger partial charge in [0.25, 0.3) is 10.0 Å². The highest BCUT2D eigenvalue weighted by molar-refractivity contribution is 7.93. The first-order valence-corrected chi connectivity index (χ1v) is 9.50. The zero-order valence-corrected chi connectivity index (χ0v) is 14.6. The molecule has 132 valence electrons. The molecule has 2 aromatic carbocycles. The third-order valence-electron chi connectivity index (χ3n) is 3.75. The van der Waals surface area contributed by atoms with E-state index in [4.69, 9.17) is 11.6 Å². The van der Waals surface area contributed by atoms with Gasteiger partial charge in [-0.1, -0.05) is 29.8 Å². The first-order valence-electron chi connectivity index (χ1n) is 7.57. The van der Waals surface area contributed by atoms with Gasteiger partial charge < -0.3 is 5.32 Å². The lowest BCUT2D eigenvalue weighted by atomic mass is 10.1. The van der Waals surface area contributed by atoms with Crippen molar-refractivity contribution in [3.63, 3.8) is 0 Å². The van der Waals surface area contributed by atoms with Crippen LogP contribution in [0.4, 0.5) is 11.4 Å². The van der Waals surface area contributed by atoms with E-state index in [0.29, 0.717) is 16.4 Å². The molecular formula is C16H17ClN4O3S. The average molecular weight is 381 g/mol. The molecule has 1 heterocycles. The van der Waals surface area contributed by atoms with Gasteiger partial charge in [0.05, 0.1) is 5.92 Å². The van der Waals surface area contributed by atoms with Crippen LogP contribution in [0, 0.1) is 5.92 Å². The number of carbonyl (C=O) groups is 1. The number of amides is 1. The van der Waals surface area contributed by atoms with E-state index < -0.39 is 21.3 Å². The van der Waals surface area contributed by atoms with E-state index in [1.807, 2.05) is 6.07 Å². The molecule has 7 nitrogen and oxygen atoms in total. The second-order valence-electron chi connectivity index (χ2n) is 5.56. The summed E-state index contributed by atoms with van der Waals surface area (Å²) >= 11 is 5.80. The maximum atomic E-state index is 12.6. The van der Waals surface area contributed by atoms with Crippen LogP contribution in [0.3, 0.4) is 0 Å². The van der Waals surface area contributed by atoms with Crippen molar-refractivity contribution in [3.8, 4) is 0 Å². The van der Waals surface area contributed by atoms with Crippen LogP contribution >= 0.6 is 11.6 Å². The minimum atomic E-state index is -3.84. The second kappa shape index (κ2) is 7.40. The van der Waals surface area contributed by atoms with Gasteiger partial charge in [0.1, 0.15) is 0 Å². The van der Waals surface area contributed by atoms with Gasteiger partial charge in [0.2, 0.25) is 5.91 Å². The fourth-order valence-electron chi connectivity index (χ4n) is 2.50. The van der Waals surface area contributed by atoms with Crippen molar-refractivity contribution in [3.05, 3.63) is 59.6 Å². The highest BCUT2D eigenvalue weighted by Gasteiger charge is 2.41. The summed E-state index contributed by atoms with van der Waals surface area (Å²) in [4.78, 5) is 12.5. The third kappa shape index (κ3) is 4.29. The standard InChI is InChI=1S/C16H17ClN4O3S/c17-11-6-8-13(9-7-11)21-25(23,24)16-14(10-18-20-16)15(22)19-12-4-2-1-3-5-12/h1-9,14,16,18,20-21H,10H2,(H,19,22). The third-order valence-corrected chi connectivity index (χ3v) is 5.64. The van der Waals surface area contributed by atoms with Crippen LogP contribution in [0.2, 0.25) is 5.02 Å². The van der Waals surface area contributed by atoms with Gasteiger partial charge in [0, 0.05) is 22.9 Å². The summed E-state index contributed by atoms with van der Waals surface area (Å²) in [5.41, 5.74) is 6.38. The Kier molecular flexibility index (Phi) is 5.24. The molecule has 1 aliphatic rings. The van der Waals surface area contributed by atoms with Crippen molar-refractivity contribution in [1.29, 1.82) is 0 Å². The molecular weight excluding hydrogens is 364 g/mol. The van der Waals surface area contributed by atoms with Crippen molar-refractivity contribution >= 4 is 38.9 Å². The van der Waals surface area contributed by atoms with E-state index in [9.17, 15) is 13.2 Å². The van der Waals surface area contributed by atoms with Crippen LogP contribution in [0.5, 0.6) is 0 Å². The summed E-state index contributed by atoms with van der Waals surface area (Å²) in [5, 5.41) is 2.13. The number of para-hydroxylation sites is 1. The lowest BCUT2D eigenvalue weighted by molar-refractivity contribution is -0.119. The van der Waals surface area contributed by atoms with Crippen LogP contribution in [0.25, 0.3) is 0 Å². The van der Waals surface area contributed by atoms with Gasteiger partial charge in [-0.2, -0.15) is 0 Å². The molecule has 9 heteroatoms. The summed E-state index contributed by atoms with van der Waals surface area (Å²) in [7, 11) is -3.84. The number of benzene rings is 2. The predicted molar refractivity (Wildman–Crippen MR) is 97.5 cm³/mol. The first-order chi connectivity index (χ1) is 12.0. The monoisotopic (exact) mass is 380 g/mol. The molecule has 0 bridgehead atoms. The minimum absolute atomic E-state index is 0.199. The van der Waals surface area contributed by atoms with Crippen molar-refractivity contribution in [2.24, 2.45) is 5.92 Å². The molecule has 0 saturated carbocycles. The molecule has 1 fully saturated rings. The summed E-state index contributed by atoms with van der Waals surface area (Å²) in [5.74, 6) is -1.17. The molecule has 2 aromatic rings. The molecule has 0 spiro atoms. The van der Waals surface area contributed by atoms with Crippen LogP contribution in [0.15, 0.2) is 54.6 Å². The van der Waals surface area contributed by atoms with Crippen molar-refractivity contribution in [2.75, 3.05) is 16.6 Å². The number of halogens is 1. The molecule has 3 rings (SSSR count). The van der Waals surface area contributed by atoms with Crippen molar-refractivity contribution < 1.29 is 13.2 Å². The topological polar surface area (TPSA) is 99.3 Å². The van der Waals surface area contributed by atoms with Crippen LogP contribution in [-0.4, -0.2) is 26.2 Å². The zero-order valence-electron chi connectivity index (χ0n) is 13.1. The Hall–Kier alpha value is -2.13. The minimum Gasteiger partial charge on any atom is -0.326 e. The summed E-state index contributed by atoms with van der Waals surface area (Å²) in [6.45, 7) is 0.199. The maximum absolute atomic E-state index is 12.6. The van der Waals surface area contributed by atoms with Gasteiger partial charge in [0.15, 0.2) is 5.37 Å². The first kappa shape index (κ1) is 17.7. The Bertz CT molecular complexity index is 843. The van der Waals surface area contributed by atoms with Gasteiger partial charge in [-0.15, -0.1) is 0 Å². The van der Waals surface area contributed by atoms with Crippen LogP contribution in [-0.2, 0) is 14.8 Å². The summed E-state index contributed by atoms with van der Waals surface area (Å²) < 4.78 is 27.7. The average Bonchev–Trinajstić information content (AvgIpc) is 3.09. The SMILES string of the molecule is O=C(Nc1ccccc1)C1CNNC1S(=O)(=O)Nc1ccc(Cl)cc1. The van der Waals surface area contributed by atoms with Gasteiger partial charge in [-0.25, -0.2) is 13.8 Å². The molecule has 1 saturated heterocycles. The Balaban J connectivity index is 1.73. The highest BCUT2D eigenvalue weighted by Crippen LogP contribution is 2.21. The maximum Gasteiger partial charge on any atom is 0.250 e. The molecule has 2 atom stereocenters. The fourth-order valence-corrected chi connectivity index (χ4v) is 4.11. The van der Waals surface area contributed by atoms with E-state index in [2.05, 4.69) is 20.9 Å². The molecule has 1 aliphatic heterocycles. The van der Waals surface area contributed by atoms with Gasteiger partial charge in [-0.05, 0) is 36.4 Å². The predicted octanol–water partition coefficient (Wildman–Crippen LogP) is 1.77. The second-order valence-corrected chi connectivity index (χ2v) is 7.80. The van der Waals surface area contributed by atoms with Crippen LogP contribution < -0.4 is 20.9 Å². The Morgan fingerprint density at radius 2 is 1.72 bits per heavy atom. The fraction of sp³-hybridized carbons (Fsp3) is 0.188.